The molecule has 4 nitrogen and oxygen atoms in total. The summed E-state index contributed by atoms with van der Waals surface area (Å²) in [5, 5.41) is 8.72. The van der Waals surface area contributed by atoms with Gasteiger partial charge in [0.05, 0.1) is 17.1 Å². The zero-order chi connectivity index (χ0) is 20.1. The third-order valence-electron chi connectivity index (χ3n) is 6.27. The molecule has 0 aliphatic heterocycles. The molecular formula is C23H34N4. The maximum absolute atomic E-state index is 4.77. The summed E-state index contributed by atoms with van der Waals surface area (Å²) in [4.78, 5) is 9.45. The maximum Gasteiger partial charge on any atom is 0.0727 e. The van der Waals surface area contributed by atoms with Crippen molar-refractivity contribution in [1.82, 2.24) is 20.2 Å². The van der Waals surface area contributed by atoms with Crippen LogP contribution < -0.4 is 0 Å². The summed E-state index contributed by atoms with van der Waals surface area (Å²) in [6, 6.07) is 2.15. The van der Waals surface area contributed by atoms with Crippen LogP contribution in [0.3, 0.4) is 0 Å². The quantitative estimate of drug-likeness (QED) is 0.740. The number of fused-ring (bicyclic) bond motifs is 1. The fourth-order valence-electron chi connectivity index (χ4n) is 4.47. The molecule has 0 bridgehead atoms. The minimum Gasteiger partial charge on any atom is -0.257 e. The van der Waals surface area contributed by atoms with Gasteiger partial charge < -0.3 is 0 Å². The lowest BCUT2D eigenvalue weighted by Gasteiger charge is -2.32. The van der Waals surface area contributed by atoms with Gasteiger partial charge in [0.2, 0.25) is 0 Å². The fraction of sp³-hybridized carbons (Fsp3) is 0.652. The van der Waals surface area contributed by atoms with Crippen molar-refractivity contribution < 1.29 is 0 Å². The molecule has 0 radical (unpaired) electrons. The van der Waals surface area contributed by atoms with E-state index in [0.717, 1.165) is 30.7 Å². The Kier molecular flexibility index (Phi) is 4.69. The van der Waals surface area contributed by atoms with Crippen molar-refractivity contribution >= 4 is 0 Å². The highest BCUT2D eigenvalue weighted by molar-refractivity contribution is 5.39. The summed E-state index contributed by atoms with van der Waals surface area (Å²) < 4.78 is 0. The lowest BCUT2D eigenvalue weighted by atomic mass is 9.73. The van der Waals surface area contributed by atoms with Crippen LogP contribution in [0.15, 0.2) is 24.7 Å². The van der Waals surface area contributed by atoms with E-state index >= 15 is 0 Å². The summed E-state index contributed by atoms with van der Waals surface area (Å²) in [6.45, 7) is 18.0. The van der Waals surface area contributed by atoms with Crippen LogP contribution in [-0.2, 0) is 21.7 Å². The Bertz CT molecular complexity index is 815. The molecule has 0 amide bonds. The van der Waals surface area contributed by atoms with E-state index in [1.807, 2.05) is 18.6 Å². The first-order chi connectivity index (χ1) is 12.4. The number of aromatic nitrogens is 4. The number of rotatable bonds is 4. The van der Waals surface area contributed by atoms with E-state index in [0.29, 0.717) is 0 Å². The van der Waals surface area contributed by atoms with Gasteiger partial charge in [-0.15, -0.1) is 0 Å². The highest BCUT2D eigenvalue weighted by atomic mass is 15.1. The third kappa shape index (κ3) is 3.76. The zero-order valence-corrected chi connectivity index (χ0v) is 18.2. The third-order valence-corrected chi connectivity index (χ3v) is 6.27. The van der Waals surface area contributed by atoms with Crippen LogP contribution >= 0.6 is 0 Å². The lowest BCUT2D eigenvalue weighted by molar-refractivity contribution is 0.306. The molecular weight excluding hydrogens is 332 g/mol. The molecule has 146 valence electrons. The van der Waals surface area contributed by atoms with Crippen molar-refractivity contribution in [3.8, 4) is 0 Å². The SMILES string of the molecule is CC(C)(C)c1cnc(C(C)(C)CC[C@@]2(C)CC(C)(C)c3ccnnc32)cn1. The van der Waals surface area contributed by atoms with Crippen molar-refractivity contribution in [2.75, 3.05) is 0 Å². The lowest BCUT2D eigenvalue weighted by Crippen LogP contribution is -2.28. The van der Waals surface area contributed by atoms with Gasteiger partial charge in [-0.25, -0.2) is 0 Å². The highest BCUT2D eigenvalue weighted by Gasteiger charge is 2.46. The Hall–Kier alpha value is -1.84. The smallest absolute Gasteiger partial charge is 0.0727 e. The van der Waals surface area contributed by atoms with Gasteiger partial charge in [0.15, 0.2) is 0 Å². The van der Waals surface area contributed by atoms with Gasteiger partial charge in [0.1, 0.15) is 0 Å². The molecule has 1 aliphatic carbocycles. The normalized spacial score (nSPS) is 21.9. The Balaban J connectivity index is 1.80. The molecule has 2 aromatic heterocycles. The molecule has 0 N–H and O–H groups in total. The van der Waals surface area contributed by atoms with Crippen molar-refractivity contribution in [3.05, 3.63) is 47.3 Å². The average Bonchev–Trinajstić information content (AvgIpc) is 2.80. The standard InChI is InChI=1S/C23H34N4/c1-20(2,3)17-13-25-18(14-24-17)21(4,5)10-11-23(8)15-22(6,7)16-9-12-26-27-19(16)23/h9,12-14H,10-11,15H2,1-8H3/t23-/m0/s1. The summed E-state index contributed by atoms with van der Waals surface area (Å²) in [6.07, 6.45) is 8.95. The largest absolute Gasteiger partial charge is 0.257 e. The van der Waals surface area contributed by atoms with E-state index in [1.165, 1.54) is 11.3 Å². The maximum atomic E-state index is 4.77. The van der Waals surface area contributed by atoms with Crippen molar-refractivity contribution in [3.63, 3.8) is 0 Å². The first kappa shape index (κ1) is 19.9. The number of nitrogens with zero attached hydrogens (tertiary/aromatic N) is 4. The Labute approximate surface area is 164 Å². The molecule has 3 rings (SSSR count). The van der Waals surface area contributed by atoms with Gasteiger partial charge in [-0.05, 0) is 36.3 Å². The fourth-order valence-corrected chi connectivity index (χ4v) is 4.47. The zero-order valence-electron chi connectivity index (χ0n) is 18.2. The van der Waals surface area contributed by atoms with Crippen LogP contribution in [0.1, 0.15) is 97.3 Å². The van der Waals surface area contributed by atoms with Gasteiger partial charge in [-0.3, -0.25) is 9.97 Å². The summed E-state index contributed by atoms with van der Waals surface area (Å²) in [7, 11) is 0. The summed E-state index contributed by atoms with van der Waals surface area (Å²) >= 11 is 0. The molecule has 27 heavy (non-hydrogen) atoms. The van der Waals surface area contributed by atoms with Crippen LogP contribution in [0.5, 0.6) is 0 Å². The van der Waals surface area contributed by atoms with E-state index in [2.05, 4.69) is 76.6 Å². The Morgan fingerprint density at radius 2 is 1.59 bits per heavy atom. The molecule has 2 heterocycles. The van der Waals surface area contributed by atoms with E-state index in [4.69, 9.17) is 4.98 Å². The molecule has 0 saturated heterocycles. The number of hydrogen-bond acceptors (Lipinski definition) is 4. The van der Waals surface area contributed by atoms with Crippen molar-refractivity contribution in [2.24, 2.45) is 0 Å². The molecule has 2 aromatic rings. The predicted octanol–water partition coefficient (Wildman–Crippen LogP) is 5.26. The van der Waals surface area contributed by atoms with Crippen LogP contribution in [-0.4, -0.2) is 20.2 Å². The van der Waals surface area contributed by atoms with E-state index in [-0.39, 0.29) is 21.7 Å². The number of hydrogen-bond donors (Lipinski definition) is 0. The predicted molar refractivity (Wildman–Crippen MR) is 110 cm³/mol. The van der Waals surface area contributed by atoms with Crippen LogP contribution in [0.4, 0.5) is 0 Å². The van der Waals surface area contributed by atoms with Crippen LogP contribution in [0.2, 0.25) is 0 Å². The minimum absolute atomic E-state index is 0.0263. The van der Waals surface area contributed by atoms with Crippen molar-refractivity contribution in [1.29, 1.82) is 0 Å². The van der Waals surface area contributed by atoms with E-state index < -0.39 is 0 Å². The van der Waals surface area contributed by atoms with Crippen LogP contribution in [0, 0.1) is 0 Å². The molecule has 0 spiro atoms. The van der Waals surface area contributed by atoms with Crippen LogP contribution in [0.25, 0.3) is 0 Å². The topological polar surface area (TPSA) is 51.6 Å². The molecule has 0 saturated carbocycles. The van der Waals surface area contributed by atoms with E-state index in [9.17, 15) is 0 Å². The monoisotopic (exact) mass is 366 g/mol. The Morgan fingerprint density at radius 1 is 0.963 bits per heavy atom. The molecule has 0 fully saturated rings. The molecule has 0 unspecified atom stereocenters. The molecule has 4 heteroatoms. The van der Waals surface area contributed by atoms with Gasteiger partial charge in [0.25, 0.3) is 0 Å². The highest BCUT2D eigenvalue weighted by Crippen LogP contribution is 2.51. The van der Waals surface area contributed by atoms with Crippen molar-refractivity contribution in [2.45, 2.75) is 96.3 Å². The summed E-state index contributed by atoms with van der Waals surface area (Å²) in [5.41, 5.74) is 4.85. The first-order valence-corrected chi connectivity index (χ1v) is 10.0. The molecule has 1 aliphatic rings. The second kappa shape index (κ2) is 6.35. The average molecular weight is 367 g/mol. The van der Waals surface area contributed by atoms with Gasteiger partial charge >= 0.3 is 0 Å². The van der Waals surface area contributed by atoms with Gasteiger partial charge in [-0.1, -0.05) is 55.4 Å². The van der Waals surface area contributed by atoms with E-state index in [1.54, 1.807) is 0 Å². The second-order valence-electron chi connectivity index (χ2n) is 10.8. The minimum atomic E-state index is -0.0263. The van der Waals surface area contributed by atoms with Gasteiger partial charge in [-0.2, -0.15) is 10.2 Å². The summed E-state index contributed by atoms with van der Waals surface area (Å²) in [5.74, 6) is 0. The molecule has 1 atom stereocenters. The molecule has 0 aromatic carbocycles. The van der Waals surface area contributed by atoms with Gasteiger partial charge in [0, 0.05) is 34.8 Å². The second-order valence-corrected chi connectivity index (χ2v) is 10.8. The first-order valence-electron chi connectivity index (χ1n) is 10.0. The Morgan fingerprint density at radius 3 is 2.19 bits per heavy atom.